The lowest BCUT2D eigenvalue weighted by Crippen LogP contribution is -2.15. The molecule has 2 heteroatoms. The number of nitrogens with zero attached hydrogens (tertiary/aromatic N) is 2. The second-order valence-corrected chi connectivity index (χ2v) is 14.0. The van der Waals surface area contributed by atoms with Crippen molar-refractivity contribution in [2.45, 2.75) is 19.3 Å². The molecular formula is C48H34N2. The maximum absolute atomic E-state index is 4.68. The summed E-state index contributed by atoms with van der Waals surface area (Å²) in [5, 5.41) is 3.71. The van der Waals surface area contributed by atoms with Crippen molar-refractivity contribution in [3.63, 3.8) is 0 Å². The van der Waals surface area contributed by atoms with Crippen molar-refractivity contribution in [2.75, 3.05) is 0 Å². The van der Waals surface area contributed by atoms with Gasteiger partial charge < -0.3 is 4.57 Å². The summed E-state index contributed by atoms with van der Waals surface area (Å²) in [6.45, 7) is 4.75. The number of rotatable bonds is 4. The quantitative estimate of drug-likeness (QED) is 0.188. The summed E-state index contributed by atoms with van der Waals surface area (Å²) < 4.78 is 2.38. The van der Waals surface area contributed by atoms with Gasteiger partial charge in [-0.25, -0.2) is 0 Å². The molecule has 2 aromatic heterocycles. The molecule has 10 rings (SSSR count). The molecule has 236 valence electrons. The average Bonchev–Trinajstić information content (AvgIpc) is 3.62. The van der Waals surface area contributed by atoms with E-state index in [-0.39, 0.29) is 5.41 Å². The van der Waals surface area contributed by atoms with Crippen LogP contribution in [0.25, 0.3) is 82.9 Å². The fourth-order valence-corrected chi connectivity index (χ4v) is 8.28. The first-order chi connectivity index (χ1) is 24.5. The van der Waals surface area contributed by atoms with Gasteiger partial charge in [-0.3, -0.25) is 4.98 Å². The number of pyridine rings is 1. The number of aromatic nitrogens is 2. The summed E-state index contributed by atoms with van der Waals surface area (Å²) in [4.78, 5) is 4.68. The molecular weight excluding hydrogens is 605 g/mol. The molecule has 0 unspecified atom stereocenters. The zero-order chi connectivity index (χ0) is 33.4. The van der Waals surface area contributed by atoms with E-state index in [1.54, 1.807) is 0 Å². The van der Waals surface area contributed by atoms with Crippen molar-refractivity contribution in [2.24, 2.45) is 0 Å². The van der Waals surface area contributed by atoms with Gasteiger partial charge in [0.15, 0.2) is 0 Å². The van der Waals surface area contributed by atoms with E-state index < -0.39 is 0 Å². The minimum atomic E-state index is -0.126. The smallest absolute Gasteiger partial charge is 0.0780 e. The van der Waals surface area contributed by atoms with Crippen molar-refractivity contribution in [3.05, 3.63) is 181 Å². The van der Waals surface area contributed by atoms with Gasteiger partial charge >= 0.3 is 0 Å². The third kappa shape index (κ3) is 4.32. The molecule has 0 fully saturated rings. The summed E-state index contributed by atoms with van der Waals surface area (Å²) in [7, 11) is 0. The molecule has 1 aliphatic rings. The Labute approximate surface area is 291 Å². The molecule has 0 spiro atoms. The first kappa shape index (κ1) is 28.7. The Bertz CT molecular complexity index is 2760. The number of fused-ring (bicyclic) bond motifs is 7. The van der Waals surface area contributed by atoms with Gasteiger partial charge in [0.25, 0.3) is 0 Å². The molecule has 9 aromatic rings. The van der Waals surface area contributed by atoms with Crippen molar-refractivity contribution in [3.8, 4) is 50.2 Å². The summed E-state index contributed by atoms with van der Waals surface area (Å²) in [5.74, 6) is 0. The topological polar surface area (TPSA) is 17.8 Å². The lowest BCUT2D eigenvalue weighted by atomic mass is 9.80. The van der Waals surface area contributed by atoms with Crippen molar-refractivity contribution in [1.82, 2.24) is 9.55 Å². The van der Waals surface area contributed by atoms with Gasteiger partial charge in [-0.05, 0) is 98.6 Å². The van der Waals surface area contributed by atoms with E-state index in [0.717, 1.165) is 16.5 Å². The number of benzene rings is 7. The van der Waals surface area contributed by atoms with Gasteiger partial charge in [-0.2, -0.15) is 0 Å². The fourth-order valence-electron chi connectivity index (χ4n) is 8.28. The molecule has 0 aliphatic heterocycles. The minimum absolute atomic E-state index is 0.126. The van der Waals surface area contributed by atoms with Crippen LogP contribution in [0.1, 0.15) is 25.0 Å². The van der Waals surface area contributed by atoms with Crippen molar-refractivity contribution >= 4 is 32.7 Å². The fraction of sp³-hybridized carbons (Fsp3) is 0.0625. The predicted molar refractivity (Wildman–Crippen MR) is 210 cm³/mol. The van der Waals surface area contributed by atoms with E-state index in [0.29, 0.717) is 0 Å². The Morgan fingerprint density at radius 3 is 1.82 bits per heavy atom. The Morgan fingerprint density at radius 2 is 1.04 bits per heavy atom. The largest absolute Gasteiger partial charge is 0.309 e. The highest BCUT2D eigenvalue weighted by atomic mass is 15.0. The zero-order valence-corrected chi connectivity index (χ0v) is 28.1. The summed E-state index contributed by atoms with van der Waals surface area (Å²) in [5.41, 5.74) is 17.3. The predicted octanol–water partition coefficient (Wildman–Crippen LogP) is 12.6. The van der Waals surface area contributed by atoms with Crippen LogP contribution in [0, 0.1) is 0 Å². The van der Waals surface area contributed by atoms with Crippen LogP contribution < -0.4 is 0 Å². The van der Waals surface area contributed by atoms with Crippen LogP contribution in [0.4, 0.5) is 0 Å². The molecule has 1 aliphatic carbocycles. The number of hydrogen-bond acceptors (Lipinski definition) is 1. The van der Waals surface area contributed by atoms with Crippen molar-refractivity contribution in [1.29, 1.82) is 0 Å². The van der Waals surface area contributed by atoms with Crippen LogP contribution in [0.15, 0.2) is 170 Å². The van der Waals surface area contributed by atoms with E-state index >= 15 is 0 Å². The highest BCUT2D eigenvalue weighted by Gasteiger charge is 2.36. The molecule has 0 bridgehead atoms. The summed E-state index contributed by atoms with van der Waals surface area (Å²) >= 11 is 0. The van der Waals surface area contributed by atoms with Crippen LogP contribution in [-0.4, -0.2) is 9.55 Å². The van der Waals surface area contributed by atoms with Gasteiger partial charge in [0, 0.05) is 39.0 Å². The van der Waals surface area contributed by atoms with Gasteiger partial charge in [0.1, 0.15) is 0 Å². The normalized spacial score (nSPS) is 13.2. The lowest BCUT2D eigenvalue weighted by molar-refractivity contribution is 0.661. The zero-order valence-electron chi connectivity index (χ0n) is 28.1. The average molecular weight is 639 g/mol. The third-order valence-electron chi connectivity index (χ3n) is 10.9. The highest BCUT2D eigenvalue weighted by Crippen LogP contribution is 2.51. The molecule has 0 atom stereocenters. The monoisotopic (exact) mass is 638 g/mol. The van der Waals surface area contributed by atoms with E-state index in [2.05, 4.69) is 181 Å². The molecule has 0 amide bonds. The molecule has 7 aromatic carbocycles. The van der Waals surface area contributed by atoms with Gasteiger partial charge in [0.05, 0.1) is 16.6 Å². The first-order valence-electron chi connectivity index (χ1n) is 17.4. The number of hydrogen-bond donors (Lipinski definition) is 0. The second-order valence-electron chi connectivity index (χ2n) is 14.0. The molecule has 0 radical (unpaired) electrons. The van der Waals surface area contributed by atoms with Crippen LogP contribution in [-0.2, 0) is 5.41 Å². The van der Waals surface area contributed by atoms with Gasteiger partial charge in [-0.15, -0.1) is 0 Å². The number of para-hydroxylation sites is 3. The highest BCUT2D eigenvalue weighted by molar-refractivity contribution is 6.10. The molecule has 0 N–H and O–H groups in total. The van der Waals surface area contributed by atoms with Crippen molar-refractivity contribution < 1.29 is 0 Å². The Morgan fingerprint density at radius 1 is 0.440 bits per heavy atom. The van der Waals surface area contributed by atoms with Crippen LogP contribution in [0.3, 0.4) is 0 Å². The SMILES string of the molecule is CC1(C)c2cc(-c3ccc(-c4cccc5cccnc45)cc3)ccc2-c2ccc(-c3ccc4c(c3)c3ccccc3n4-c3ccccc3)cc21. The van der Waals surface area contributed by atoms with E-state index in [1.165, 1.54) is 77.6 Å². The standard InChI is InChI=1S/C48H34N2/c1-48(2)43-29-35(31-17-19-32(20-18-31)38-15-8-10-33-11-9-27-49-47(33)38)21-24-39(43)40-25-22-36(30-44(40)48)34-23-26-46-42(28-34)41-14-6-7-16-45(41)50(46)37-12-4-3-5-13-37/h3-30H,1-2H3. The minimum Gasteiger partial charge on any atom is -0.309 e. The summed E-state index contributed by atoms with van der Waals surface area (Å²) in [6.07, 6.45) is 1.87. The molecule has 50 heavy (non-hydrogen) atoms. The van der Waals surface area contributed by atoms with Crippen LogP contribution >= 0.6 is 0 Å². The molecule has 0 saturated heterocycles. The Balaban J connectivity index is 1.01. The molecule has 2 nitrogen and oxygen atoms in total. The van der Waals surface area contributed by atoms with Gasteiger partial charge in [0.2, 0.25) is 0 Å². The third-order valence-corrected chi connectivity index (χ3v) is 10.9. The Kier molecular flexibility index (Phi) is 6.25. The summed E-state index contributed by atoms with van der Waals surface area (Å²) in [6, 6.07) is 59.9. The maximum atomic E-state index is 4.68. The van der Waals surface area contributed by atoms with E-state index in [9.17, 15) is 0 Å². The van der Waals surface area contributed by atoms with E-state index in [4.69, 9.17) is 0 Å². The Hall–Kier alpha value is -6.25. The molecule has 2 heterocycles. The maximum Gasteiger partial charge on any atom is 0.0780 e. The molecule has 0 saturated carbocycles. The van der Waals surface area contributed by atoms with Crippen LogP contribution in [0.5, 0.6) is 0 Å². The second kappa shape index (κ2) is 10.9. The van der Waals surface area contributed by atoms with Crippen LogP contribution in [0.2, 0.25) is 0 Å². The van der Waals surface area contributed by atoms with Gasteiger partial charge in [-0.1, -0.05) is 129 Å². The lowest BCUT2D eigenvalue weighted by Gasteiger charge is -2.22. The first-order valence-corrected chi connectivity index (χ1v) is 17.4. The van der Waals surface area contributed by atoms with E-state index in [1.807, 2.05) is 12.3 Å².